The number of benzene rings is 1. The first kappa shape index (κ1) is 22.9. The van der Waals surface area contributed by atoms with Crippen LogP contribution in [0.3, 0.4) is 0 Å². The summed E-state index contributed by atoms with van der Waals surface area (Å²) in [5.41, 5.74) is 0.693. The third kappa shape index (κ3) is 6.85. The van der Waals surface area contributed by atoms with Gasteiger partial charge in [-0.1, -0.05) is 55.7 Å². The molecule has 1 N–H and O–H groups in total. The molecule has 0 radical (unpaired) electrons. The van der Waals surface area contributed by atoms with E-state index in [2.05, 4.69) is 6.58 Å². The molecule has 0 spiro atoms. The minimum absolute atomic E-state index is 0.0891. The van der Waals surface area contributed by atoms with Crippen molar-refractivity contribution in [2.24, 2.45) is 5.92 Å². The number of hydrogen-bond donors (Lipinski definition) is 1. The molecular weight excluding hydrogens is 388 g/mol. The van der Waals surface area contributed by atoms with Crippen molar-refractivity contribution in [1.29, 1.82) is 0 Å². The molecule has 29 heavy (non-hydrogen) atoms. The van der Waals surface area contributed by atoms with Crippen molar-refractivity contribution in [3.05, 3.63) is 54.0 Å². The summed E-state index contributed by atoms with van der Waals surface area (Å²) in [5.74, 6) is -2.25. The topological polar surface area (TPSA) is 83.5 Å². The smallest absolute Gasteiger partial charge is 0.257 e. The third-order valence-corrected chi connectivity index (χ3v) is 6.12. The molecule has 1 aromatic carbocycles. The zero-order valence-corrected chi connectivity index (χ0v) is 17.7. The van der Waals surface area contributed by atoms with Gasteiger partial charge in [-0.25, -0.2) is 13.1 Å². The number of nitrogens with one attached hydrogen (secondary N) is 1. The van der Waals surface area contributed by atoms with Gasteiger partial charge in [0, 0.05) is 12.6 Å². The second-order valence-corrected chi connectivity index (χ2v) is 8.78. The van der Waals surface area contributed by atoms with Crippen LogP contribution in [0, 0.1) is 5.92 Å². The van der Waals surface area contributed by atoms with Crippen LogP contribution < -0.4 is 4.72 Å². The van der Waals surface area contributed by atoms with Crippen molar-refractivity contribution in [2.75, 3.05) is 6.54 Å². The number of sulfonamides is 1. The molecule has 0 heterocycles. The quantitative estimate of drug-likeness (QED) is 0.492. The Morgan fingerprint density at radius 3 is 2.45 bits per heavy atom. The minimum Gasteiger partial charge on any atom is -0.339 e. The van der Waals surface area contributed by atoms with Crippen molar-refractivity contribution in [1.82, 2.24) is 9.62 Å². The van der Waals surface area contributed by atoms with Crippen LogP contribution in [0.4, 0.5) is 0 Å². The van der Waals surface area contributed by atoms with Gasteiger partial charge in [-0.15, -0.1) is 6.58 Å². The molecule has 1 saturated carbocycles. The van der Waals surface area contributed by atoms with Crippen molar-refractivity contribution < 1.29 is 18.0 Å². The third-order valence-electron chi connectivity index (χ3n) is 5.14. The van der Waals surface area contributed by atoms with Gasteiger partial charge < -0.3 is 4.90 Å². The molecular formula is C22H30N2O4S. The normalized spacial score (nSPS) is 16.3. The molecule has 1 aliphatic rings. The summed E-state index contributed by atoms with van der Waals surface area (Å²) < 4.78 is 26.7. The van der Waals surface area contributed by atoms with E-state index in [1.54, 1.807) is 29.2 Å². The summed E-state index contributed by atoms with van der Waals surface area (Å²) in [6.07, 6.45) is 8.08. The first-order valence-corrected chi connectivity index (χ1v) is 11.6. The predicted octanol–water partition coefficient (Wildman–Crippen LogP) is 3.48. The first-order valence-electron chi connectivity index (χ1n) is 10.1. The van der Waals surface area contributed by atoms with E-state index in [1.807, 2.05) is 17.7 Å². The van der Waals surface area contributed by atoms with E-state index in [0.29, 0.717) is 12.1 Å². The van der Waals surface area contributed by atoms with Gasteiger partial charge in [0.1, 0.15) is 5.92 Å². The van der Waals surface area contributed by atoms with Crippen molar-refractivity contribution in [2.45, 2.75) is 51.5 Å². The molecule has 7 heteroatoms. The van der Waals surface area contributed by atoms with E-state index in [1.165, 1.54) is 12.2 Å². The molecule has 0 aromatic heterocycles. The molecule has 0 saturated heterocycles. The van der Waals surface area contributed by atoms with Crippen LogP contribution in [0.25, 0.3) is 6.08 Å². The largest absolute Gasteiger partial charge is 0.339 e. The van der Waals surface area contributed by atoms with Gasteiger partial charge in [-0.2, -0.15) is 0 Å². The van der Waals surface area contributed by atoms with E-state index < -0.39 is 21.8 Å². The SMILES string of the molecule is C=CCC(C(=O)NS(=O)(=O)C=Cc1ccccc1)C(=O)N(CC)C1CCCCC1. The maximum Gasteiger partial charge on any atom is 0.257 e. The van der Waals surface area contributed by atoms with Gasteiger partial charge in [-0.3, -0.25) is 9.59 Å². The molecule has 0 aliphatic heterocycles. The fraction of sp³-hybridized carbons (Fsp3) is 0.455. The molecule has 1 aliphatic carbocycles. The Balaban J connectivity index is 2.11. The van der Waals surface area contributed by atoms with E-state index >= 15 is 0 Å². The lowest BCUT2D eigenvalue weighted by molar-refractivity contribution is -0.143. The number of carbonyl (C=O) groups is 2. The van der Waals surface area contributed by atoms with Crippen LogP contribution in [0.5, 0.6) is 0 Å². The molecule has 1 aromatic rings. The van der Waals surface area contributed by atoms with E-state index in [9.17, 15) is 18.0 Å². The highest BCUT2D eigenvalue weighted by Crippen LogP contribution is 2.24. The Morgan fingerprint density at radius 2 is 1.86 bits per heavy atom. The molecule has 2 rings (SSSR count). The van der Waals surface area contributed by atoms with Gasteiger partial charge in [0.05, 0.1) is 5.41 Å². The standard InChI is InChI=1S/C22H30N2O4S/c1-3-11-20(22(26)24(4-2)19-14-9-6-10-15-19)21(25)23-29(27,28)17-16-18-12-7-5-8-13-18/h3,5,7-8,12-13,16-17,19-20H,1,4,6,9-11,14-15H2,2H3,(H,23,25). The average molecular weight is 419 g/mol. The highest BCUT2D eigenvalue weighted by atomic mass is 32.2. The van der Waals surface area contributed by atoms with Gasteiger partial charge in [0.2, 0.25) is 11.8 Å². The molecule has 2 amide bonds. The first-order chi connectivity index (χ1) is 13.9. The van der Waals surface area contributed by atoms with Crippen molar-refractivity contribution in [3.63, 3.8) is 0 Å². The van der Waals surface area contributed by atoms with Crippen LogP contribution in [0.2, 0.25) is 0 Å². The van der Waals surface area contributed by atoms with E-state index in [0.717, 1.165) is 37.5 Å². The molecule has 0 bridgehead atoms. The number of allylic oxidation sites excluding steroid dienone is 1. The second-order valence-electron chi connectivity index (χ2n) is 7.22. The summed E-state index contributed by atoms with van der Waals surface area (Å²) in [7, 11) is -4.02. The monoisotopic (exact) mass is 418 g/mol. The van der Waals surface area contributed by atoms with E-state index in [4.69, 9.17) is 0 Å². The number of nitrogens with zero attached hydrogens (tertiary/aromatic N) is 1. The van der Waals surface area contributed by atoms with Crippen LogP contribution in [0.1, 0.15) is 51.0 Å². The van der Waals surface area contributed by atoms with Gasteiger partial charge >= 0.3 is 0 Å². The maximum atomic E-state index is 13.1. The molecule has 1 fully saturated rings. The number of amides is 2. The summed E-state index contributed by atoms with van der Waals surface area (Å²) >= 11 is 0. The van der Waals surface area contributed by atoms with Crippen molar-refractivity contribution in [3.8, 4) is 0 Å². The lowest BCUT2D eigenvalue weighted by atomic mass is 9.92. The minimum atomic E-state index is -4.02. The highest BCUT2D eigenvalue weighted by molar-refractivity contribution is 7.93. The molecule has 158 valence electrons. The Bertz CT molecular complexity index is 828. The number of hydrogen-bond acceptors (Lipinski definition) is 4. The van der Waals surface area contributed by atoms with Crippen LogP contribution in [-0.4, -0.2) is 37.7 Å². The molecule has 1 atom stereocenters. The molecule has 6 nitrogen and oxygen atoms in total. The van der Waals surface area contributed by atoms with Gasteiger partial charge in [-0.05, 0) is 37.8 Å². The Labute approximate surface area is 173 Å². The second kappa shape index (κ2) is 11.0. The average Bonchev–Trinajstić information content (AvgIpc) is 2.72. The fourth-order valence-corrected chi connectivity index (χ4v) is 4.48. The number of rotatable bonds is 9. The summed E-state index contributed by atoms with van der Waals surface area (Å²) in [4.78, 5) is 27.5. The highest BCUT2D eigenvalue weighted by Gasteiger charge is 2.34. The van der Waals surface area contributed by atoms with Gasteiger partial charge in [0.25, 0.3) is 10.0 Å². The van der Waals surface area contributed by atoms with Crippen LogP contribution >= 0.6 is 0 Å². The molecule has 1 unspecified atom stereocenters. The predicted molar refractivity (Wildman–Crippen MR) is 115 cm³/mol. The van der Waals surface area contributed by atoms with Gasteiger partial charge in [0.15, 0.2) is 0 Å². The Morgan fingerprint density at radius 1 is 1.21 bits per heavy atom. The fourth-order valence-electron chi connectivity index (χ4n) is 3.65. The van der Waals surface area contributed by atoms with Crippen LogP contribution in [0.15, 0.2) is 48.4 Å². The lowest BCUT2D eigenvalue weighted by Crippen LogP contribution is -2.49. The number of carbonyl (C=O) groups excluding carboxylic acids is 2. The van der Waals surface area contributed by atoms with Crippen LogP contribution in [-0.2, 0) is 19.6 Å². The Kier molecular flexibility index (Phi) is 8.64. The zero-order chi connectivity index (χ0) is 21.3. The lowest BCUT2D eigenvalue weighted by Gasteiger charge is -2.35. The maximum absolute atomic E-state index is 13.1. The van der Waals surface area contributed by atoms with Crippen molar-refractivity contribution >= 4 is 27.9 Å². The Hall–Kier alpha value is -2.41. The summed E-state index contributed by atoms with van der Waals surface area (Å²) in [6.45, 7) is 6.00. The summed E-state index contributed by atoms with van der Waals surface area (Å²) in [5, 5.41) is 0.939. The zero-order valence-electron chi connectivity index (χ0n) is 16.9. The summed E-state index contributed by atoms with van der Waals surface area (Å²) in [6, 6.07) is 9.01. The van der Waals surface area contributed by atoms with E-state index in [-0.39, 0.29) is 18.4 Å².